The Kier molecular flexibility index (Phi) is 11.0. The average Bonchev–Trinajstić information content (AvgIpc) is 2.34. The lowest BCUT2D eigenvalue weighted by Crippen LogP contribution is -2.39. The maximum atomic E-state index is 6.58. The normalized spacial score (nSPS) is 12.0. The molecule has 0 unspecified atom stereocenters. The lowest BCUT2D eigenvalue weighted by atomic mass is 9.83. The molecule has 104 valence electrons. The lowest BCUT2D eigenvalue weighted by molar-refractivity contribution is 0.309. The van der Waals surface area contributed by atoms with Gasteiger partial charge in [0, 0.05) is 5.54 Å². The molecule has 0 aromatic heterocycles. The van der Waals surface area contributed by atoms with E-state index < -0.39 is 0 Å². The first-order chi connectivity index (χ1) is 8.18. The van der Waals surface area contributed by atoms with Crippen LogP contribution < -0.4 is 5.73 Å². The summed E-state index contributed by atoms with van der Waals surface area (Å²) in [7, 11) is 0. The summed E-state index contributed by atoms with van der Waals surface area (Å²) in [4.78, 5) is 0. The highest BCUT2D eigenvalue weighted by Crippen LogP contribution is 2.25. The van der Waals surface area contributed by atoms with E-state index in [-0.39, 0.29) is 5.54 Å². The van der Waals surface area contributed by atoms with Crippen LogP contribution in [0.25, 0.3) is 0 Å². The summed E-state index contributed by atoms with van der Waals surface area (Å²) in [5.41, 5.74) is 6.74. The maximum absolute atomic E-state index is 6.58. The van der Waals surface area contributed by atoms with E-state index in [0.29, 0.717) is 0 Å². The van der Waals surface area contributed by atoms with Crippen molar-refractivity contribution in [3.63, 3.8) is 0 Å². The summed E-state index contributed by atoms with van der Waals surface area (Å²) in [6.07, 6.45) is 15.7. The molecule has 0 bridgehead atoms. The minimum Gasteiger partial charge on any atom is -0.325 e. The molecule has 0 aromatic carbocycles. The van der Waals surface area contributed by atoms with Crippen LogP contribution in [-0.4, -0.2) is 5.54 Å². The molecule has 1 nitrogen and oxygen atoms in total. The Hall–Kier alpha value is -0.0400. The highest BCUT2D eigenvalue weighted by molar-refractivity contribution is 4.83. The number of unbranched alkanes of at least 4 members (excludes halogenated alkanes) is 6. The second-order valence-electron chi connectivity index (χ2n) is 5.73. The van der Waals surface area contributed by atoms with Gasteiger partial charge in [0.2, 0.25) is 0 Å². The highest BCUT2D eigenvalue weighted by atomic mass is 14.7. The fourth-order valence-corrected chi connectivity index (χ4v) is 2.51. The fourth-order valence-electron chi connectivity index (χ4n) is 2.51. The van der Waals surface area contributed by atoms with Crippen LogP contribution in [0.15, 0.2) is 0 Å². The highest BCUT2D eigenvalue weighted by Gasteiger charge is 2.22. The maximum Gasteiger partial charge on any atom is 0.0154 e. The van der Waals surface area contributed by atoms with Gasteiger partial charge in [-0.05, 0) is 19.3 Å². The number of rotatable bonds is 12. The monoisotopic (exact) mass is 241 g/mol. The van der Waals surface area contributed by atoms with E-state index in [1.54, 1.807) is 0 Å². The molecule has 0 aliphatic rings. The van der Waals surface area contributed by atoms with Crippen LogP contribution in [-0.2, 0) is 0 Å². The van der Waals surface area contributed by atoms with Gasteiger partial charge >= 0.3 is 0 Å². The minimum atomic E-state index is 0.151. The molecule has 0 amide bonds. The van der Waals surface area contributed by atoms with Crippen LogP contribution in [0.2, 0.25) is 0 Å². The molecule has 0 atom stereocenters. The van der Waals surface area contributed by atoms with E-state index >= 15 is 0 Å². The van der Waals surface area contributed by atoms with Gasteiger partial charge in [-0.2, -0.15) is 0 Å². The molecule has 0 radical (unpaired) electrons. The van der Waals surface area contributed by atoms with Gasteiger partial charge in [-0.15, -0.1) is 0 Å². The van der Waals surface area contributed by atoms with E-state index in [4.69, 9.17) is 5.73 Å². The first-order valence-corrected chi connectivity index (χ1v) is 7.97. The van der Waals surface area contributed by atoms with E-state index in [1.807, 2.05) is 0 Å². The molecular weight excluding hydrogens is 206 g/mol. The van der Waals surface area contributed by atoms with Crippen molar-refractivity contribution in [1.82, 2.24) is 0 Å². The second-order valence-corrected chi connectivity index (χ2v) is 5.73. The van der Waals surface area contributed by atoms with Gasteiger partial charge in [0.15, 0.2) is 0 Å². The summed E-state index contributed by atoms with van der Waals surface area (Å²) in [6, 6.07) is 0. The Balaban J connectivity index is 3.82. The smallest absolute Gasteiger partial charge is 0.0154 e. The zero-order chi connectivity index (χ0) is 13.0. The Bertz CT molecular complexity index is 146. The zero-order valence-corrected chi connectivity index (χ0v) is 12.6. The first kappa shape index (κ1) is 17.0. The van der Waals surface area contributed by atoms with Crippen molar-refractivity contribution in [2.24, 2.45) is 5.73 Å². The molecular formula is C16H35N. The fraction of sp³-hybridized carbons (Fsp3) is 1.00. The molecule has 0 saturated carbocycles. The van der Waals surface area contributed by atoms with E-state index in [1.165, 1.54) is 77.0 Å². The van der Waals surface area contributed by atoms with Crippen LogP contribution in [0, 0.1) is 0 Å². The number of hydrogen-bond donors (Lipinski definition) is 1. The summed E-state index contributed by atoms with van der Waals surface area (Å²) in [5.74, 6) is 0. The molecule has 0 fully saturated rings. The third-order valence-corrected chi connectivity index (χ3v) is 3.83. The third kappa shape index (κ3) is 9.64. The lowest BCUT2D eigenvalue weighted by Gasteiger charge is -2.30. The van der Waals surface area contributed by atoms with Crippen LogP contribution in [0.1, 0.15) is 97.8 Å². The summed E-state index contributed by atoms with van der Waals surface area (Å²) >= 11 is 0. The Morgan fingerprint density at radius 2 is 1.00 bits per heavy atom. The Morgan fingerprint density at radius 1 is 0.588 bits per heavy atom. The van der Waals surface area contributed by atoms with Crippen molar-refractivity contribution in [3.05, 3.63) is 0 Å². The molecule has 0 spiro atoms. The van der Waals surface area contributed by atoms with Gasteiger partial charge in [0.25, 0.3) is 0 Å². The van der Waals surface area contributed by atoms with Crippen molar-refractivity contribution in [3.8, 4) is 0 Å². The molecule has 17 heavy (non-hydrogen) atoms. The van der Waals surface area contributed by atoms with E-state index in [9.17, 15) is 0 Å². The minimum absolute atomic E-state index is 0.151. The van der Waals surface area contributed by atoms with Crippen molar-refractivity contribution in [1.29, 1.82) is 0 Å². The van der Waals surface area contributed by atoms with E-state index in [2.05, 4.69) is 20.8 Å². The summed E-state index contributed by atoms with van der Waals surface area (Å²) in [6.45, 7) is 6.80. The van der Waals surface area contributed by atoms with Crippen molar-refractivity contribution < 1.29 is 0 Å². The zero-order valence-electron chi connectivity index (χ0n) is 12.6. The standard InChI is InChI=1S/C16H35N/c1-4-7-10-11-12-15-16(17,13-8-5-2)14-9-6-3/h4-15,17H2,1-3H3. The van der Waals surface area contributed by atoms with Crippen LogP contribution in [0.5, 0.6) is 0 Å². The van der Waals surface area contributed by atoms with E-state index in [0.717, 1.165) is 0 Å². The van der Waals surface area contributed by atoms with Gasteiger partial charge in [0.05, 0.1) is 0 Å². The molecule has 0 rings (SSSR count). The van der Waals surface area contributed by atoms with Gasteiger partial charge in [-0.1, -0.05) is 78.6 Å². The van der Waals surface area contributed by atoms with Gasteiger partial charge in [0.1, 0.15) is 0 Å². The topological polar surface area (TPSA) is 26.0 Å². The average molecular weight is 241 g/mol. The molecule has 0 aromatic rings. The SMILES string of the molecule is CCCCCCCC(N)(CCCC)CCCC. The molecule has 2 N–H and O–H groups in total. The summed E-state index contributed by atoms with van der Waals surface area (Å²) in [5, 5.41) is 0. The Labute approximate surface area is 110 Å². The van der Waals surface area contributed by atoms with Crippen molar-refractivity contribution in [2.45, 2.75) is 103 Å². The third-order valence-electron chi connectivity index (χ3n) is 3.83. The predicted molar refractivity (Wildman–Crippen MR) is 79.3 cm³/mol. The van der Waals surface area contributed by atoms with Crippen molar-refractivity contribution in [2.75, 3.05) is 0 Å². The van der Waals surface area contributed by atoms with Crippen LogP contribution >= 0.6 is 0 Å². The Morgan fingerprint density at radius 3 is 1.47 bits per heavy atom. The molecule has 0 heterocycles. The largest absolute Gasteiger partial charge is 0.325 e. The molecule has 0 saturated heterocycles. The molecule has 0 aliphatic heterocycles. The first-order valence-electron chi connectivity index (χ1n) is 7.97. The molecule has 1 heteroatoms. The number of hydrogen-bond acceptors (Lipinski definition) is 1. The van der Waals surface area contributed by atoms with Gasteiger partial charge in [-0.3, -0.25) is 0 Å². The molecule has 0 aliphatic carbocycles. The second kappa shape index (κ2) is 11.1. The summed E-state index contributed by atoms with van der Waals surface area (Å²) < 4.78 is 0. The van der Waals surface area contributed by atoms with Crippen LogP contribution in [0.4, 0.5) is 0 Å². The quantitative estimate of drug-likeness (QED) is 0.453. The number of nitrogens with two attached hydrogens (primary N) is 1. The van der Waals surface area contributed by atoms with Gasteiger partial charge < -0.3 is 5.73 Å². The van der Waals surface area contributed by atoms with Gasteiger partial charge in [-0.25, -0.2) is 0 Å². The van der Waals surface area contributed by atoms with Crippen LogP contribution in [0.3, 0.4) is 0 Å². The van der Waals surface area contributed by atoms with Crippen molar-refractivity contribution >= 4 is 0 Å². The predicted octanol–water partition coefficient (Wildman–Crippen LogP) is 5.42.